The van der Waals surface area contributed by atoms with Crippen molar-refractivity contribution in [2.45, 2.75) is 51.1 Å². The average molecular weight is 207 g/mol. The second-order valence-electron chi connectivity index (χ2n) is 5.44. The molecule has 2 fully saturated rings. The summed E-state index contributed by atoms with van der Waals surface area (Å²) >= 11 is 0. The number of nitriles is 1. The van der Waals surface area contributed by atoms with Gasteiger partial charge in [0.1, 0.15) is 0 Å². The lowest BCUT2D eigenvalue weighted by atomic mass is 9.95. The average Bonchev–Trinajstić information content (AvgIpc) is 2.91. The van der Waals surface area contributed by atoms with Gasteiger partial charge in [0.25, 0.3) is 0 Å². The largest absolute Gasteiger partial charge is 0.328 e. The highest BCUT2D eigenvalue weighted by Crippen LogP contribution is 2.49. The van der Waals surface area contributed by atoms with E-state index in [-0.39, 0.29) is 0 Å². The van der Waals surface area contributed by atoms with Crippen LogP contribution in [0.1, 0.15) is 39.0 Å². The number of piperidine rings is 1. The van der Waals surface area contributed by atoms with E-state index in [4.69, 9.17) is 11.0 Å². The monoisotopic (exact) mass is 207 g/mol. The smallest absolute Gasteiger partial charge is 0.0628 e. The fourth-order valence-electron chi connectivity index (χ4n) is 2.66. The molecule has 1 aliphatic heterocycles. The van der Waals surface area contributed by atoms with Crippen LogP contribution in [-0.2, 0) is 0 Å². The molecular formula is C12H21N3. The number of rotatable bonds is 3. The SMILES string of the molecule is CC1CC(N)CCN1CC1(CC#N)CC1. The van der Waals surface area contributed by atoms with E-state index < -0.39 is 0 Å². The topological polar surface area (TPSA) is 53.0 Å². The lowest BCUT2D eigenvalue weighted by Crippen LogP contribution is -2.47. The lowest BCUT2D eigenvalue weighted by Gasteiger charge is -2.38. The van der Waals surface area contributed by atoms with Crippen LogP contribution >= 0.6 is 0 Å². The molecule has 0 bridgehead atoms. The Morgan fingerprint density at radius 3 is 2.80 bits per heavy atom. The molecule has 3 heteroatoms. The van der Waals surface area contributed by atoms with E-state index in [0.717, 1.165) is 32.4 Å². The Bertz CT molecular complexity index is 265. The molecule has 0 aromatic rings. The van der Waals surface area contributed by atoms with Gasteiger partial charge >= 0.3 is 0 Å². The molecule has 84 valence electrons. The highest BCUT2D eigenvalue weighted by molar-refractivity contribution is 5.02. The Labute approximate surface area is 92.2 Å². The molecule has 1 aliphatic carbocycles. The molecule has 0 aromatic carbocycles. The predicted octanol–water partition coefficient (Wildman–Crippen LogP) is 1.49. The van der Waals surface area contributed by atoms with Gasteiger partial charge in [0.2, 0.25) is 0 Å². The van der Waals surface area contributed by atoms with E-state index in [1.54, 1.807) is 0 Å². The first kappa shape index (κ1) is 10.9. The minimum absolute atomic E-state index is 0.352. The zero-order chi connectivity index (χ0) is 10.9. The minimum atomic E-state index is 0.352. The van der Waals surface area contributed by atoms with Crippen molar-refractivity contribution in [3.8, 4) is 6.07 Å². The van der Waals surface area contributed by atoms with E-state index >= 15 is 0 Å². The second kappa shape index (κ2) is 4.11. The summed E-state index contributed by atoms with van der Waals surface area (Å²) < 4.78 is 0. The Morgan fingerprint density at radius 1 is 1.53 bits per heavy atom. The van der Waals surface area contributed by atoms with Gasteiger partial charge in [0.15, 0.2) is 0 Å². The van der Waals surface area contributed by atoms with Crippen molar-refractivity contribution >= 4 is 0 Å². The van der Waals surface area contributed by atoms with Gasteiger partial charge < -0.3 is 5.73 Å². The third-order valence-electron chi connectivity index (χ3n) is 4.00. The standard InChI is InChI=1S/C12H21N3/c1-10-8-11(14)2-7-15(10)9-12(3-4-12)5-6-13/h10-11H,2-5,7-9,14H2,1H3. The van der Waals surface area contributed by atoms with E-state index in [1.165, 1.54) is 12.8 Å². The predicted molar refractivity (Wildman–Crippen MR) is 60.1 cm³/mol. The maximum atomic E-state index is 8.79. The third-order valence-corrected chi connectivity index (χ3v) is 4.00. The van der Waals surface area contributed by atoms with Crippen LogP contribution in [0.5, 0.6) is 0 Å². The first-order valence-electron chi connectivity index (χ1n) is 6.02. The van der Waals surface area contributed by atoms with E-state index in [1.807, 2.05) is 0 Å². The minimum Gasteiger partial charge on any atom is -0.328 e. The molecule has 2 N–H and O–H groups in total. The van der Waals surface area contributed by atoms with Gasteiger partial charge in [-0.15, -0.1) is 0 Å². The van der Waals surface area contributed by atoms with Crippen molar-refractivity contribution in [2.75, 3.05) is 13.1 Å². The highest BCUT2D eigenvalue weighted by Gasteiger charge is 2.44. The van der Waals surface area contributed by atoms with Gasteiger partial charge in [0.05, 0.1) is 6.07 Å². The van der Waals surface area contributed by atoms with Crippen LogP contribution < -0.4 is 5.73 Å². The van der Waals surface area contributed by atoms with Crippen molar-refractivity contribution < 1.29 is 0 Å². The highest BCUT2D eigenvalue weighted by atomic mass is 15.2. The fourth-order valence-corrected chi connectivity index (χ4v) is 2.66. The summed E-state index contributed by atoms with van der Waals surface area (Å²) in [4.78, 5) is 2.54. The Hall–Kier alpha value is -0.590. The molecule has 0 spiro atoms. The Balaban J connectivity index is 1.87. The summed E-state index contributed by atoms with van der Waals surface area (Å²) in [5, 5.41) is 8.79. The normalized spacial score (nSPS) is 34.7. The number of nitrogens with zero attached hydrogens (tertiary/aromatic N) is 2. The molecule has 3 nitrogen and oxygen atoms in total. The van der Waals surface area contributed by atoms with Crippen molar-refractivity contribution in [1.82, 2.24) is 4.90 Å². The molecule has 15 heavy (non-hydrogen) atoms. The van der Waals surface area contributed by atoms with Crippen LogP contribution in [0.25, 0.3) is 0 Å². The number of hydrogen-bond acceptors (Lipinski definition) is 3. The lowest BCUT2D eigenvalue weighted by molar-refractivity contribution is 0.119. The van der Waals surface area contributed by atoms with E-state index in [0.29, 0.717) is 17.5 Å². The molecule has 2 rings (SSSR count). The van der Waals surface area contributed by atoms with Gasteiger partial charge in [-0.1, -0.05) is 0 Å². The molecule has 1 heterocycles. The third kappa shape index (κ3) is 2.50. The molecule has 1 saturated carbocycles. The van der Waals surface area contributed by atoms with Crippen molar-refractivity contribution in [1.29, 1.82) is 5.26 Å². The van der Waals surface area contributed by atoms with Gasteiger partial charge in [-0.25, -0.2) is 0 Å². The molecular weight excluding hydrogens is 186 g/mol. The van der Waals surface area contributed by atoms with E-state index in [2.05, 4.69) is 17.9 Å². The zero-order valence-electron chi connectivity index (χ0n) is 9.58. The molecule has 2 unspecified atom stereocenters. The number of likely N-dealkylation sites (tertiary alicyclic amines) is 1. The summed E-state index contributed by atoms with van der Waals surface area (Å²) in [6.07, 6.45) is 5.46. The second-order valence-corrected chi connectivity index (χ2v) is 5.44. The zero-order valence-corrected chi connectivity index (χ0v) is 9.58. The quantitative estimate of drug-likeness (QED) is 0.763. The Morgan fingerprint density at radius 2 is 2.27 bits per heavy atom. The van der Waals surface area contributed by atoms with Crippen LogP contribution in [0.3, 0.4) is 0 Å². The summed E-state index contributed by atoms with van der Waals surface area (Å²) in [5.41, 5.74) is 6.30. The number of nitrogens with two attached hydrogens (primary N) is 1. The summed E-state index contributed by atoms with van der Waals surface area (Å²) in [6, 6.07) is 3.33. The van der Waals surface area contributed by atoms with Gasteiger partial charge in [0, 0.05) is 25.0 Å². The Kier molecular flexibility index (Phi) is 2.99. The molecule has 2 atom stereocenters. The number of hydrogen-bond donors (Lipinski definition) is 1. The maximum absolute atomic E-state index is 8.79. The van der Waals surface area contributed by atoms with Gasteiger partial charge in [-0.2, -0.15) is 5.26 Å². The maximum Gasteiger partial charge on any atom is 0.0628 e. The van der Waals surface area contributed by atoms with Crippen LogP contribution in [-0.4, -0.2) is 30.1 Å². The summed E-state index contributed by atoms with van der Waals surface area (Å²) in [5.74, 6) is 0. The van der Waals surface area contributed by atoms with Gasteiger partial charge in [-0.3, -0.25) is 4.90 Å². The van der Waals surface area contributed by atoms with Crippen molar-refractivity contribution in [2.24, 2.45) is 11.1 Å². The molecule has 2 aliphatic rings. The fraction of sp³-hybridized carbons (Fsp3) is 0.917. The van der Waals surface area contributed by atoms with Crippen LogP contribution in [0.4, 0.5) is 0 Å². The van der Waals surface area contributed by atoms with Crippen LogP contribution in [0, 0.1) is 16.7 Å². The molecule has 0 radical (unpaired) electrons. The van der Waals surface area contributed by atoms with Crippen molar-refractivity contribution in [3.63, 3.8) is 0 Å². The summed E-state index contributed by atoms with van der Waals surface area (Å²) in [6.45, 7) is 4.51. The van der Waals surface area contributed by atoms with Crippen LogP contribution in [0.15, 0.2) is 0 Å². The van der Waals surface area contributed by atoms with Crippen molar-refractivity contribution in [3.05, 3.63) is 0 Å². The molecule has 1 saturated heterocycles. The van der Waals surface area contributed by atoms with Gasteiger partial charge in [-0.05, 0) is 44.6 Å². The van der Waals surface area contributed by atoms with E-state index in [9.17, 15) is 0 Å². The molecule has 0 aromatic heterocycles. The summed E-state index contributed by atoms with van der Waals surface area (Å²) in [7, 11) is 0. The van der Waals surface area contributed by atoms with Crippen LogP contribution in [0.2, 0.25) is 0 Å². The first-order chi connectivity index (χ1) is 7.15. The molecule has 0 amide bonds. The first-order valence-corrected chi connectivity index (χ1v) is 6.02.